The number of carboxylic acid groups (broad SMARTS) is 1. The van der Waals surface area contributed by atoms with E-state index < -0.39 is 11.5 Å². The number of aromatic carboxylic acids is 1. The molecule has 2 heterocycles. The van der Waals surface area contributed by atoms with Gasteiger partial charge in [0.2, 0.25) is 0 Å². The monoisotopic (exact) mass is 434 g/mol. The van der Waals surface area contributed by atoms with Crippen LogP contribution in [0.25, 0.3) is 10.9 Å². The third-order valence-corrected chi connectivity index (χ3v) is 5.44. The average molecular weight is 435 g/mol. The van der Waals surface area contributed by atoms with Gasteiger partial charge in [0.25, 0.3) is 5.56 Å². The third-order valence-electron chi connectivity index (χ3n) is 5.17. The first-order valence-corrected chi connectivity index (χ1v) is 9.59. The van der Waals surface area contributed by atoms with Crippen LogP contribution in [-0.4, -0.2) is 26.2 Å². The highest BCUT2D eigenvalue weighted by molar-refractivity contribution is 6.31. The first-order chi connectivity index (χ1) is 14.8. The molecular formula is C21H15ClN6O3. The number of carbonyl (C=O) groups is 1. The van der Waals surface area contributed by atoms with Gasteiger partial charge in [-0.25, -0.2) is 9.78 Å². The molecule has 3 N–H and O–H groups in total. The molecule has 3 aromatic rings. The molecule has 0 amide bonds. The minimum Gasteiger partial charge on any atom is -0.477 e. The SMILES string of the molecule is Cn1c(=O)cc(NC2(C#N)CC2)c2cc(Nc3cc(C(=O)O)nc(Cl)c3C#N)ccc21. The first kappa shape index (κ1) is 20.2. The second kappa shape index (κ2) is 7.31. The molecule has 1 aliphatic carbocycles. The number of anilines is 3. The molecule has 0 radical (unpaired) electrons. The summed E-state index contributed by atoms with van der Waals surface area (Å²) < 4.78 is 1.49. The number of hydrogen-bond donors (Lipinski definition) is 3. The van der Waals surface area contributed by atoms with Gasteiger partial charge in [-0.15, -0.1) is 0 Å². The van der Waals surface area contributed by atoms with E-state index in [0.29, 0.717) is 35.1 Å². The van der Waals surface area contributed by atoms with Gasteiger partial charge in [-0.05, 0) is 37.1 Å². The number of benzene rings is 1. The number of hydrogen-bond acceptors (Lipinski definition) is 7. The molecule has 0 saturated heterocycles. The standard InChI is InChI=1S/C21H15ClN6O3/c1-28-17-3-2-11(25-14-7-16(20(30)31)26-19(22)13(14)9-23)6-12(17)15(8-18(28)29)27-21(10-24)4-5-21/h2-3,6-8,27H,4-5H2,1H3,(H,25,26)(H,30,31). The molecule has 154 valence electrons. The summed E-state index contributed by atoms with van der Waals surface area (Å²) >= 11 is 5.98. The number of fused-ring (bicyclic) bond motifs is 1. The van der Waals surface area contributed by atoms with E-state index in [-0.39, 0.29) is 27.7 Å². The molecule has 1 saturated carbocycles. The Morgan fingerprint density at radius 3 is 2.61 bits per heavy atom. The number of nitrogens with zero attached hydrogens (tertiary/aromatic N) is 4. The molecule has 31 heavy (non-hydrogen) atoms. The van der Waals surface area contributed by atoms with Gasteiger partial charge in [0.1, 0.15) is 22.3 Å². The molecule has 4 rings (SSSR count). The summed E-state index contributed by atoms with van der Waals surface area (Å²) in [6.07, 6.45) is 1.38. The molecule has 0 atom stereocenters. The van der Waals surface area contributed by atoms with Gasteiger partial charge in [0, 0.05) is 24.2 Å². The van der Waals surface area contributed by atoms with Crippen LogP contribution in [-0.2, 0) is 7.05 Å². The number of nitrogens with one attached hydrogen (secondary N) is 2. The van der Waals surface area contributed by atoms with Crippen molar-refractivity contribution in [3.8, 4) is 12.1 Å². The smallest absolute Gasteiger partial charge is 0.354 e. The van der Waals surface area contributed by atoms with Crippen molar-refractivity contribution >= 4 is 45.5 Å². The van der Waals surface area contributed by atoms with Crippen LogP contribution in [0.15, 0.2) is 35.1 Å². The second-order valence-corrected chi connectivity index (χ2v) is 7.63. The molecule has 10 heteroatoms. The van der Waals surface area contributed by atoms with Crippen LogP contribution in [0.3, 0.4) is 0 Å². The van der Waals surface area contributed by atoms with Crippen LogP contribution in [0.4, 0.5) is 17.1 Å². The van der Waals surface area contributed by atoms with E-state index in [0.717, 1.165) is 0 Å². The Labute approximate surface area is 181 Å². The third kappa shape index (κ3) is 3.63. The van der Waals surface area contributed by atoms with Crippen molar-refractivity contribution in [2.75, 3.05) is 10.6 Å². The normalized spacial score (nSPS) is 13.8. The zero-order valence-corrected chi connectivity index (χ0v) is 17.0. The van der Waals surface area contributed by atoms with Crippen LogP contribution in [0, 0.1) is 22.7 Å². The maximum absolute atomic E-state index is 12.4. The second-order valence-electron chi connectivity index (χ2n) is 7.27. The lowest BCUT2D eigenvalue weighted by Crippen LogP contribution is -2.23. The molecule has 0 aliphatic heterocycles. The molecule has 1 aromatic carbocycles. The van der Waals surface area contributed by atoms with Gasteiger partial charge < -0.3 is 20.3 Å². The molecule has 1 fully saturated rings. The van der Waals surface area contributed by atoms with Crippen LogP contribution < -0.4 is 16.2 Å². The zero-order chi connectivity index (χ0) is 22.3. The molecule has 9 nitrogen and oxygen atoms in total. The van der Waals surface area contributed by atoms with E-state index in [2.05, 4.69) is 21.7 Å². The predicted molar refractivity (Wildman–Crippen MR) is 115 cm³/mol. The van der Waals surface area contributed by atoms with E-state index in [1.807, 2.05) is 6.07 Å². The van der Waals surface area contributed by atoms with Crippen molar-refractivity contribution in [1.82, 2.24) is 9.55 Å². The van der Waals surface area contributed by atoms with Crippen molar-refractivity contribution in [2.45, 2.75) is 18.4 Å². The number of aromatic nitrogens is 2. The van der Waals surface area contributed by atoms with Crippen LogP contribution in [0.5, 0.6) is 0 Å². The van der Waals surface area contributed by atoms with E-state index in [1.165, 1.54) is 16.7 Å². The van der Waals surface area contributed by atoms with E-state index >= 15 is 0 Å². The van der Waals surface area contributed by atoms with Crippen molar-refractivity contribution in [2.24, 2.45) is 7.05 Å². The fraction of sp³-hybridized carbons (Fsp3) is 0.190. The lowest BCUT2D eigenvalue weighted by molar-refractivity contribution is 0.0690. The van der Waals surface area contributed by atoms with E-state index in [4.69, 9.17) is 11.6 Å². The van der Waals surface area contributed by atoms with Gasteiger partial charge in [-0.2, -0.15) is 10.5 Å². The fourth-order valence-corrected chi connectivity index (χ4v) is 3.51. The maximum Gasteiger partial charge on any atom is 0.354 e. The minimum absolute atomic E-state index is 0.00647. The summed E-state index contributed by atoms with van der Waals surface area (Å²) in [6, 6.07) is 12.0. The lowest BCUT2D eigenvalue weighted by atomic mass is 10.1. The minimum atomic E-state index is -1.28. The number of pyridine rings is 2. The highest BCUT2D eigenvalue weighted by Gasteiger charge is 2.43. The predicted octanol–water partition coefficient (Wildman–Crippen LogP) is 3.37. The molecule has 0 spiro atoms. The summed E-state index contributed by atoms with van der Waals surface area (Å²) in [5.41, 5.74) is 0.706. The molecule has 2 aromatic heterocycles. The largest absolute Gasteiger partial charge is 0.477 e. The summed E-state index contributed by atoms with van der Waals surface area (Å²) in [5, 5.41) is 34.7. The number of rotatable bonds is 5. The molecular weight excluding hydrogens is 420 g/mol. The Hall–Kier alpha value is -4.08. The van der Waals surface area contributed by atoms with Gasteiger partial charge in [0.15, 0.2) is 5.69 Å². The van der Waals surface area contributed by atoms with Crippen molar-refractivity contribution in [3.05, 3.63) is 57.1 Å². The lowest BCUT2D eigenvalue weighted by Gasteiger charge is -2.17. The Bertz CT molecular complexity index is 1400. The summed E-state index contributed by atoms with van der Waals surface area (Å²) in [4.78, 5) is 27.4. The Morgan fingerprint density at radius 2 is 2.00 bits per heavy atom. The quantitative estimate of drug-likeness (QED) is 0.518. The average Bonchev–Trinajstić information content (AvgIpc) is 3.51. The van der Waals surface area contributed by atoms with Crippen LogP contribution in [0.2, 0.25) is 5.15 Å². The number of aryl methyl sites for hydroxylation is 1. The van der Waals surface area contributed by atoms with Gasteiger partial charge in [-0.3, -0.25) is 4.79 Å². The zero-order valence-electron chi connectivity index (χ0n) is 16.2. The number of nitriles is 2. The first-order valence-electron chi connectivity index (χ1n) is 9.21. The van der Waals surface area contributed by atoms with Gasteiger partial charge >= 0.3 is 5.97 Å². The topological polar surface area (TPSA) is 144 Å². The Balaban J connectivity index is 1.83. The molecule has 1 aliphatic rings. The van der Waals surface area contributed by atoms with Gasteiger partial charge in [-0.1, -0.05) is 11.6 Å². The fourth-order valence-electron chi connectivity index (χ4n) is 3.27. The highest BCUT2D eigenvalue weighted by Crippen LogP contribution is 2.40. The summed E-state index contributed by atoms with van der Waals surface area (Å²) in [6.45, 7) is 0. The highest BCUT2D eigenvalue weighted by atomic mass is 35.5. The Kier molecular flexibility index (Phi) is 4.77. The van der Waals surface area contributed by atoms with Crippen LogP contribution >= 0.6 is 11.6 Å². The van der Waals surface area contributed by atoms with Crippen molar-refractivity contribution < 1.29 is 9.90 Å². The molecule has 0 bridgehead atoms. The maximum atomic E-state index is 12.4. The van der Waals surface area contributed by atoms with Gasteiger partial charge in [0.05, 0.1) is 23.0 Å². The van der Waals surface area contributed by atoms with Crippen molar-refractivity contribution in [1.29, 1.82) is 10.5 Å². The van der Waals surface area contributed by atoms with Crippen molar-refractivity contribution in [3.63, 3.8) is 0 Å². The van der Waals surface area contributed by atoms with E-state index in [9.17, 15) is 25.2 Å². The summed E-state index contributed by atoms with van der Waals surface area (Å²) in [5.74, 6) is -1.28. The number of carboxylic acids is 1. The summed E-state index contributed by atoms with van der Waals surface area (Å²) in [7, 11) is 1.65. The number of halogens is 1. The molecule has 0 unspecified atom stereocenters. The van der Waals surface area contributed by atoms with Crippen LogP contribution in [0.1, 0.15) is 28.9 Å². The Morgan fingerprint density at radius 1 is 1.26 bits per heavy atom. The van der Waals surface area contributed by atoms with E-state index in [1.54, 1.807) is 25.2 Å².